The van der Waals surface area contributed by atoms with E-state index in [1.54, 1.807) is 0 Å². The lowest BCUT2D eigenvalue weighted by Gasteiger charge is -2.36. The van der Waals surface area contributed by atoms with Gasteiger partial charge < -0.3 is 34.4 Å². The van der Waals surface area contributed by atoms with Gasteiger partial charge in [-0.3, -0.25) is 0 Å². The number of ether oxygens (including phenoxy) is 3. The molecule has 1 aromatic heterocycles. The quantitative estimate of drug-likeness (QED) is 0.0927. The predicted molar refractivity (Wildman–Crippen MR) is 247 cm³/mol. The van der Waals surface area contributed by atoms with Gasteiger partial charge in [0.15, 0.2) is 12.1 Å². The zero-order chi connectivity index (χ0) is 42.8. The fourth-order valence-corrected chi connectivity index (χ4v) is 8.25. The fraction of sp³-hybridized carbons (Fsp3) is 0.132. The minimum absolute atomic E-state index is 0.0222. The molecule has 314 valence electrons. The van der Waals surface area contributed by atoms with Gasteiger partial charge in [0.1, 0.15) is 17.2 Å². The van der Waals surface area contributed by atoms with Crippen LogP contribution in [0.1, 0.15) is 41.1 Å². The summed E-state index contributed by atoms with van der Waals surface area (Å²) in [5.41, 5.74) is 9.19. The topological polar surface area (TPSA) is 115 Å². The number of para-hydroxylation sites is 1. The van der Waals surface area contributed by atoms with E-state index in [-0.39, 0.29) is 24.8 Å². The van der Waals surface area contributed by atoms with E-state index in [9.17, 15) is 9.90 Å². The molecule has 0 bridgehead atoms. The number of amides is 2. The Morgan fingerprint density at radius 1 is 0.651 bits per heavy atom. The number of carbonyl (C=O) groups is 1. The first-order valence-corrected chi connectivity index (χ1v) is 21.8. The molecule has 1 fully saturated rings. The number of hydrogen-bond donors (Lipinski definition) is 3. The Bertz CT molecular complexity index is 2660. The molecule has 10 heteroatoms. The number of nitrogens with one attached hydrogen (secondary N) is 2. The summed E-state index contributed by atoms with van der Waals surface area (Å²) in [5.74, 6) is 2.76. The van der Waals surface area contributed by atoms with Gasteiger partial charge >= 0.3 is 6.03 Å². The SMILES string of the molecule is O=C(NCc1cccc(-c2ccc([C@@H]3O[C@H](CSc4nc(-c5ccccc5)c(-c5ccccc5)o4)C[C@H](c4ccc(CO)cc4)O3)cc2)c1)Nc1ccc(Oc2ccccc2)cc1. The number of carbonyl (C=O) groups excluding carboxylic acids is 1. The molecular weight excluding hydrogens is 807 g/mol. The number of anilines is 1. The molecule has 3 atom stereocenters. The second-order valence-electron chi connectivity index (χ2n) is 15.1. The van der Waals surface area contributed by atoms with Crippen LogP contribution in [0.4, 0.5) is 10.5 Å². The maximum atomic E-state index is 12.8. The van der Waals surface area contributed by atoms with Crippen molar-refractivity contribution in [3.8, 4) is 45.2 Å². The molecule has 8 aromatic rings. The number of aliphatic hydroxyl groups excluding tert-OH is 1. The third-order valence-electron chi connectivity index (χ3n) is 10.7. The van der Waals surface area contributed by atoms with Crippen molar-refractivity contribution in [2.45, 2.75) is 43.3 Å². The number of benzene rings is 7. The summed E-state index contributed by atoms with van der Waals surface area (Å²) in [4.78, 5) is 17.8. The van der Waals surface area contributed by atoms with Gasteiger partial charge in [0, 0.05) is 41.1 Å². The lowest BCUT2D eigenvalue weighted by Crippen LogP contribution is -2.31. The number of thioether (sulfide) groups is 1. The van der Waals surface area contributed by atoms with E-state index in [1.165, 1.54) is 11.8 Å². The van der Waals surface area contributed by atoms with Crippen molar-refractivity contribution in [1.29, 1.82) is 0 Å². The van der Waals surface area contributed by atoms with E-state index < -0.39 is 6.29 Å². The van der Waals surface area contributed by atoms with Crippen molar-refractivity contribution in [1.82, 2.24) is 10.3 Å². The van der Waals surface area contributed by atoms with Gasteiger partial charge in [-0.1, -0.05) is 157 Å². The van der Waals surface area contributed by atoms with Gasteiger partial charge in [-0.25, -0.2) is 9.78 Å². The number of hydrogen-bond acceptors (Lipinski definition) is 8. The molecule has 0 radical (unpaired) electrons. The highest BCUT2D eigenvalue weighted by atomic mass is 32.2. The van der Waals surface area contributed by atoms with Crippen molar-refractivity contribution in [3.05, 3.63) is 210 Å². The van der Waals surface area contributed by atoms with Gasteiger partial charge in [-0.2, -0.15) is 0 Å². The summed E-state index contributed by atoms with van der Waals surface area (Å²) in [5, 5.41) is 16.1. The average molecular weight is 852 g/mol. The maximum Gasteiger partial charge on any atom is 0.319 e. The number of aliphatic hydroxyl groups is 1. The fourth-order valence-electron chi connectivity index (χ4n) is 7.41. The van der Waals surface area contributed by atoms with E-state index >= 15 is 0 Å². The normalized spacial score (nSPS) is 16.0. The molecule has 9 nitrogen and oxygen atoms in total. The Kier molecular flexibility index (Phi) is 13.0. The Hall–Kier alpha value is -6.95. The van der Waals surface area contributed by atoms with Crippen molar-refractivity contribution in [3.63, 3.8) is 0 Å². The van der Waals surface area contributed by atoms with E-state index in [0.29, 0.717) is 35.4 Å². The molecule has 0 aliphatic carbocycles. The molecule has 7 aromatic carbocycles. The van der Waals surface area contributed by atoms with E-state index in [4.69, 9.17) is 23.6 Å². The molecule has 1 aliphatic heterocycles. The first-order chi connectivity index (χ1) is 31.0. The number of rotatable bonds is 14. The second kappa shape index (κ2) is 19.8. The molecular formula is C53H45N3O6S. The van der Waals surface area contributed by atoms with Crippen LogP contribution in [0.2, 0.25) is 0 Å². The zero-order valence-corrected chi connectivity index (χ0v) is 35.1. The van der Waals surface area contributed by atoms with Crippen molar-refractivity contribution in [2.75, 3.05) is 11.1 Å². The Morgan fingerprint density at radius 2 is 1.30 bits per heavy atom. The molecule has 1 saturated heterocycles. The maximum absolute atomic E-state index is 12.8. The Labute approximate surface area is 370 Å². The summed E-state index contributed by atoms with van der Waals surface area (Å²) in [6.45, 7) is 0.330. The third kappa shape index (κ3) is 10.6. The van der Waals surface area contributed by atoms with Gasteiger partial charge in [0.25, 0.3) is 5.22 Å². The van der Waals surface area contributed by atoms with Crippen molar-refractivity contribution in [2.24, 2.45) is 0 Å². The monoisotopic (exact) mass is 851 g/mol. The van der Waals surface area contributed by atoms with E-state index in [2.05, 4.69) is 34.9 Å². The largest absolute Gasteiger partial charge is 0.457 e. The molecule has 3 N–H and O–H groups in total. The Morgan fingerprint density at radius 3 is 2.02 bits per heavy atom. The first kappa shape index (κ1) is 41.4. The second-order valence-corrected chi connectivity index (χ2v) is 16.1. The highest BCUT2D eigenvalue weighted by Gasteiger charge is 2.33. The predicted octanol–water partition coefficient (Wildman–Crippen LogP) is 12.6. The summed E-state index contributed by atoms with van der Waals surface area (Å²) in [7, 11) is 0. The van der Waals surface area contributed by atoms with Crippen molar-refractivity contribution >= 4 is 23.5 Å². The molecule has 0 unspecified atom stereocenters. The van der Waals surface area contributed by atoms with E-state index in [0.717, 1.165) is 61.7 Å². The van der Waals surface area contributed by atoms with Crippen LogP contribution in [0.5, 0.6) is 11.5 Å². The third-order valence-corrected chi connectivity index (χ3v) is 11.6. The van der Waals surface area contributed by atoms with Crippen LogP contribution in [-0.4, -0.2) is 28.0 Å². The number of aromatic nitrogens is 1. The lowest BCUT2D eigenvalue weighted by molar-refractivity contribution is -0.245. The van der Waals surface area contributed by atoms with Gasteiger partial charge in [0.2, 0.25) is 0 Å². The number of urea groups is 1. The molecule has 2 heterocycles. The molecule has 1 aliphatic rings. The van der Waals surface area contributed by atoms with Crippen LogP contribution in [-0.2, 0) is 22.6 Å². The molecule has 0 saturated carbocycles. The number of oxazole rings is 1. The molecule has 0 spiro atoms. The first-order valence-electron chi connectivity index (χ1n) is 20.8. The standard InChI is InChI=1S/C53H45N3O6S/c57-34-36-19-21-39(22-20-36)48-32-47(35-63-53-56-49(40-12-4-1-5-13-40)50(62-53)41-14-6-2-7-15-41)60-51(61-48)42-25-23-38(24-26-42)43-16-10-11-37(31-43)33-54-52(58)55-44-27-29-46(30-28-44)59-45-17-8-3-9-18-45/h1-31,47-48,51,57H,32-35H2,(H2,54,55,58)/t47-,48+,51+/m0/s1. The van der Waals surface area contributed by atoms with Crippen LogP contribution < -0.4 is 15.4 Å². The summed E-state index contributed by atoms with van der Waals surface area (Å²) in [6, 6.07) is 60.9. The van der Waals surface area contributed by atoms with Crippen LogP contribution in [0.25, 0.3) is 33.7 Å². The van der Waals surface area contributed by atoms with Crippen LogP contribution in [0.3, 0.4) is 0 Å². The lowest BCUT2D eigenvalue weighted by atomic mass is 9.99. The summed E-state index contributed by atoms with van der Waals surface area (Å²) < 4.78 is 25.6. The van der Waals surface area contributed by atoms with Crippen molar-refractivity contribution < 1.29 is 28.5 Å². The highest BCUT2D eigenvalue weighted by Crippen LogP contribution is 2.41. The summed E-state index contributed by atoms with van der Waals surface area (Å²) >= 11 is 1.53. The molecule has 2 amide bonds. The number of nitrogens with zero attached hydrogens (tertiary/aromatic N) is 1. The zero-order valence-electron chi connectivity index (χ0n) is 34.3. The minimum atomic E-state index is -0.619. The van der Waals surface area contributed by atoms with Crippen LogP contribution in [0.15, 0.2) is 198 Å². The summed E-state index contributed by atoms with van der Waals surface area (Å²) in [6.07, 6.45) is -0.405. The van der Waals surface area contributed by atoms with Gasteiger partial charge in [-0.05, 0) is 70.3 Å². The molecule has 9 rings (SSSR count). The Balaban J connectivity index is 0.860. The smallest absolute Gasteiger partial charge is 0.319 e. The molecule has 63 heavy (non-hydrogen) atoms. The van der Waals surface area contributed by atoms with Crippen LogP contribution >= 0.6 is 11.8 Å². The highest BCUT2D eigenvalue weighted by molar-refractivity contribution is 7.99. The average Bonchev–Trinajstić information content (AvgIpc) is 3.79. The minimum Gasteiger partial charge on any atom is -0.457 e. The van der Waals surface area contributed by atoms with Crippen LogP contribution in [0, 0.1) is 0 Å². The van der Waals surface area contributed by atoms with E-state index in [1.807, 2.05) is 164 Å². The van der Waals surface area contributed by atoms with Gasteiger partial charge in [0.05, 0.1) is 18.8 Å². The van der Waals surface area contributed by atoms with Gasteiger partial charge in [-0.15, -0.1) is 0 Å².